The summed E-state index contributed by atoms with van der Waals surface area (Å²) < 4.78 is 7.41. The second-order valence-electron chi connectivity index (χ2n) is 10.1. The number of methoxy groups -OCH3 is 1. The smallest absolute Gasteiger partial charge is 0.247 e. The number of aromatic nitrogens is 1. The number of para-hydroxylation sites is 2. The summed E-state index contributed by atoms with van der Waals surface area (Å²) in [6.45, 7) is 4.71. The largest absolute Gasteiger partial charge is 0.497 e. The molecular formula is C33H35N3O3. The van der Waals surface area contributed by atoms with Gasteiger partial charge in [-0.15, -0.1) is 0 Å². The minimum Gasteiger partial charge on any atom is -0.497 e. The van der Waals surface area contributed by atoms with Crippen molar-refractivity contribution in [2.24, 2.45) is 0 Å². The van der Waals surface area contributed by atoms with Crippen molar-refractivity contribution in [3.63, 3.8) is 0 Å². The molecular weight excluding hydrogens is 486 g/mol. The SMILES string of the molecule is CCCCN(CC(=O)N1c2ccccc2-n2cccc2C1c1ccc(C)cc1)C(=O)Cc1ccc(OC)cc1. The number of amides is 2. The van der Waals surface area contributed by atoms with E-state index in [0.29, 0.717) is 6.54 Å². The van der Waals surface area contributed by atoms with Gasteiger partial charge in [0.15, 0.2) is 0 Å². The Balaban J connectivity index is 1.48. The minimum atomic E-state index is -0.298. The first kappa shape index (κ1) is 26.3. The van der Waals surface area contributed by atoms with Crippen LogP contribution in [0.15, 0.2) is 91.1 Å². The maximum absolute atomic E-state index is 14.3. The summed E-state index contributed by atoms with van der Waals surface area (Å²) in [7, 11) is 1.62. The molecule has 200 valence electrons. The van der Waals surface area contributed by atoms with Gasteiger partial charge in [-0.3, -0.25) is 14.5 Å². The van der Waals surface area contributed by atoms with E-state index in [0.717, 1.165) is 52.4 Å². The first-order valence-corrected chi connectivity index (χ1v) is 13.6. The molecule has 0 bridgehead atoms. The zero-order valence-corrected chi connectivity index (χ0v) is 22.8. The van der Waals surface area contributed by atoms with Crippen LogP contribution in [0.1, 0.15) is 48.2 Å². The van der Waals surface area contributed by atoms with Gasteiger partial charge in [0.05, 0.1) is 30.6 Å². The Bertz CT molecular complexity index is 1440. The number of benzene rings is 3. The van der Waals surface area contributed by atoms with Crippen LogP contribution < -0.4 is 9.64 Å². The Hall–Kier alpha value is -4.32. The number of unbranched alkanes of at least 4 members (excludes halogenated alkanes) is 1. The van der Waals surface area contributed by atoms with E-state index in [1.807, 2.05) is 65.7 Å². The van der Waals surface area contributed by atoms with Crippen molar-refractivity contribution in [1.29, 1.82) is 0 Å². The summed E-state index contributed by atoms with van der Waals surface area (Å²) in [5.74, 6) is 0.599. The molecule has 0 fully saturated rings. The second-order valence-corrected chi connectivity index (χ2v) is 10.1. The number of hydrogen-bond donors (Lipinski definition) is 0. The molecule has 0 saturated carbocycles. The van der Waals surface area contributed by atoms with Gasteiger partial charge in [-0.05, 0) is 60.9 Å². The van der Waals surface area contributed by atoms with E-state index in [9.17, 15) is 9.59 Å². The van der Waals surface area contributed by atoms with Crippen molar-refractivity contribution < 1.29 is 14.3 Å². The van der Waals surface area contributed by atoms with E-state index in [1.165, 1.54) is 0 Å². The summed E-state index contributed by atoms with van der Waals surface area (Å²) in [4.78, 5) is 31.4. The summed E-state index contributed by atoms with van der Waals surface area (Å²) in [6, 6.07) is 27.6. The zero-order valence-electron chi connectivity index (χ0n) is 22.8. The number of aryl methyl sites for hydroxylation is 1. The van der Waals surface area contributed by atoms with Gasteiger partial charge in [-0.1, -0.05) is 67.4 Å². The van der Waals surface area contributed by atoms with Crippen LogP contribution in [0.3, 0.4) is 0 Å². The highest BCUT2D eigenvalue weighted by atomic mass is 16.5. The van der Waals surface area contributed by atoms with Crippen molar-refractivity contribution >= 4 is 17.5 Å². The fraction of sp³-hybridized carbons (Fsp3) is 0.273. The third kappa shape index (κ3) is 5.46. The van der Waals surface area contributed by atoms with E-state index >= 15 is 0 Å². The van der Waals surface area contributed by atoms with Crippen LogP contribution in [0.4, 0.5) is 5.69 Å². The molecule has 6 nitrogen and oxygen atoms in total. The number of carbonyl (C=O) groups is 2. The molecule has 6 heteroatoms. The highest BCUT2D eigenvalue weighted by Crippen LogP contribution is 2.42. The van der Waals surface area contributed by atoms with Gasteiger partial charge in [0.2, 0.25) is 11.8 Å². The molecule has 1 aromatic heterocycles. The molecule has 0 spiro atoms. The number of hydrogen-bond acceptors (Lipinski definition) is 3. The van der Waals surface area contributed by atoms with E-state index < -0.39 is 0 Å². The number of anilines is 1. The van der Waals surface area contributed by atoms with Crippen molar-refractivity contribution in [1.82, 2.24) is 9.47 Å². The predicted molar refractivity (Wildman–Crippen MR) is 154 cm³/mol. The van der Waals surface area contributed by atoms with Crippen LogP contribution in [0.2, 0.25) is 0 Å². The van der Waals surface area contributed by atoms with Gasteiger partial charge in [0.1, 0.15) is 18.3 Å². The van der Waals surface area contributed by atoms with E-state index in [-0.39, 0.29) is 30.8 Å². The van der Waals surface area contributed by atoms with Crippen LogP contribution in [0, 0.1) is 6.92 Å². The second kappa shape index (κ2) is 11.6. The summed E-state index contributed by atoms with van der Waals surface area (Å²) in [5, 5.41) is 0. The third-order valence-electron chi connectivity index (χ3n) is 7.36. The lowest BCUT2D eigenvalue weighted by atomic mass is 9.97. The molecule has 1 unspecified atom stereocenters. The minimum absolute atomic E-state index is 0.0202. The Labute approximate surface area is 230 Å². The Morgan fingerprint density at radius 1 is 0.897 bits per heavy atom. The highest BCUT2D eigenvalue weighted by Gasteiger charge is 2.36. The summed E-state index contributed by atoms with van der Waals surface area (Å²) in [5.41, 5.74) is 5.92. The third-order valence-corrected chi connectivity index (χ3v) is 7.36. The molecule has 2 heterocycles. The Kier molecular flexibility index (Phi) is 7.82. The number of ether oxygens (including phenoxy) is 1. The molecule has 3 aromatic carbocycles. The molecule has 0 aliphatic carbocycles. The highest BCUT2D eigenvalue weighted by molar-refractivity contribution is 6.00. The van der Waals surface area contributed by atoms with Gasteiger partial charge in [0.25, 0.3) is 0 Å². The van der Waals surface area contributed by atoms with Crippen LogP contribution in [-0.2, 0) is 16.0 Å². The fourth-order valence-electron chi connectivity index (χ4n) is 5.24. The molecule has 0 saturated heterocycles. The van der Waals surface area contributed by atoms with Crippen molar-refractivity contribution in [2.75, 3.05) is 25.1 Å². The van der Waals surface area contributed by atoms with Crippen LogP contribution >= 0.6 is 0 Å². The van der Waals surface area contributed by atoms with E-state index in [2.05, 4.69) is 48.7 Å². The number of fused-ring (bicyclic) bond motifs is 3. The maximum Gasteiger partial charge on any atom is 0.247 e. The van der Waals surface area contributed by atoms with Crippen LogP contribution in [0.25, 0.3) is 5.69 Å². The molecule has 4 aromatic rings. The maximum atomic E-state index is 14.3. The van der Waals surface area contributed by atoms with Gasteiger partial charge in [-0.25, -0.2) is 0 Å². The number of rotatable bonds is 9. The lowest BCUT2D eigenvalue weighted by Gasteiger charge is -2.39. The lowest BCUT2D eigenvalue weighted by molar-refractivity contribution is -0.134. The number of carbonyl (C=O) groups excluding carboxylic acids is 2. The molecule has 1 aliphatic heterocycles. The quantitative estimate of drug-likeness (QED) is 0.267. The molecule has 0 radical (unpaired) electrons. The summed E-state index contributed by atoms with van der Waals surface area (Å²) >= 11 is 0. The van der Waals surface area contributed by atoms with Gasteiger partial charge in [-0.2, -0.15) is 0 Å². The van der Waals surface area contributed by atoms with Crippen LogP contribution in [-0.4, -0.2) is 41.5 Å². The standard InChI is InChI=1S/C33H35N3O3/c1-4-5-20-34(31(37)22-25-14-18-27(39-3)19-15-25)23-32(38)36-29-10-7-6-9-28(29)35-21-8-11-30(35)33(36)26-16-12-24(2)13-17-26/h6-19,21,33H,4-5,20,22-23H2,1-3H3. The fourth-order valence-corrected chi connectivity index (χ4v) is 5.24. The predicted octanol–water partition coefficient (Wildman–Crippen LogP) is 6.10. The van der Waals surface area contributed by atoms with Crippen molar-refractivity contribution in [3.8, 4) is 11.4 Å². The average Bonchev–Trinajstić information content (AvgIpc) is 3.45. The molecule has 5 rings (SSSR count). The molecule has 1 atom stereocenters. The topological polar surface area (TPSA) is 54.8 Å². The zero-order chi connectivity index (χ0) is 27.4. The van der Waals surface area contributed by atoms with E-state index in [4.69, 9.17) is 4.74 Å². The van der Waals surface area contributed by atoms with Crippen molar-refractivity contribution in [2.45, 2.75) is 39.2 Å². The first-order valence-electron chi connectivity index (χ1n) is 13.6. The Morgan fingerprint density at radius 3 is 2.31 bits per heavy atom. The Morgan fingerprint density at radius 2 is 1.62 bits per heavy atom. The molecule has 0 N–H and O–H groups in total. The van der Waals surface area contributed by atoms with Gasteiger partial charge >= 0.3 is 0 Å². The van der Waals surface area contributed by atoms with Gasteiger partial charge in [0, 0.05) is 12.7 Å². The van der Waals surface area contributed by atoms with Gasteiger partial charge < -0.3 is 14.2 Å². The number of nitrogens with zero attached hydrogens (tertiary/aromatic N) is 3. The molecule has 1 aliphatic rings. The lowest BCUT2D eigenvalue weighted by Crippen LogP contribution is -2.47. The normalized spacial score (nSPS) is 13.9. The molecule has 2 amide bonds. The monoisotopic (exact) mass is 521 g/mol. The van der Waals surface area contributed by atoms with Crippen molar-refractivity contribution in [3.05, 3.63) is 114 Å². The average molecular weight is 522 g/mol. The van der Waals surface area contributed by atoms with Crippen LogP contribution in [0.5, 0.6) is 5.75 Å². The van der Waals surface area contributed by atoms with E-state index in [1.54, 1.807) is 12.0 Å². The first-order chi connectivity index (χ1) is 19.0. The summed E-state index contributed by atoms with van der Waals surface area (Å²) in [6.07, 6.45) is 4.06. The molecule has 39 heavy (non-hydrogen) atoms.